The first-order valence-corrected chi connectivity index (χ1v) is 8.73. The zero-order chi connectivity index (χ0) is 19.3. The second kappa shape index (κ2) is 8.56. The molecule has 0 aliphatic carbocycles. The quantitative estimate of drug-likeness (QED) is 0.618. The molecule has 2 rings (SSSR count). The number of hydrogen-bond acceptors (Lipinski definition) is 5. The minimum Gasteiger partial charge on any atom is -0.321 e. The molecular formula is C17H14ClFN4O2S. The average Bonchev–Trinajstić information content (AvgIpc) is 3.04. The van der Waals surface area contributed by atoms with Crippen LogP contribution in [0.25, 0.3) is 6.08 Å². The topological polar surface area (TPSA) is 86.1 Å². The Bertz CT molecular complexity index is 920. The Balaban J connectivity index is 2.20. The van der Waals surface area contributed by atoms with E-state index >= 15 is 0 Å². The first kappa shape index (κ1) is 19.6. The SMILES string of the molecule is CCN(C(C)=O)c1nc(/C=C(/C#N)C(=O)Nc2ccc(F)c(Cl)c2)cs1. The molecule has 1 heterocycles. The number of halogens is 2. The lowest BCUT2D eigenvalue weighted by Gasteiger charge is -2.14. The minimum absolute atomic E-state index is 0.140. The highest BCUT2D eigenvalue weighted by Gasteiger charge is 2.15. The average molecular weight is 393 g/mol. The fourth-order valence-electron chi connectivity index (χ4n) is 2.03. The second-order valence-corrected chi connectivity index (χ2v) is 6.31. The lowest BCUT2D eigenvalue weighted by atomic mass is 10.2. The van der Waals surface area contributed by atoms with E-state index in [1.165, 1.54) is 41.4 Å². The maximum Gasteiger partial charge on any atom is 0.266 e. The molecule has 0 fully saturated rings. The molecule has 0 saturated carbocycles. The van der Waals surface area contributed by atoms with Crippen molar-refractivity contribution in [2.24, 2.45) is 0 Å². The largest absolute Gasteiger partial charge is 0.321 e. The lowest BCUT2D eigenvalue weighted by molar-refractivity contribution is -0.116. The molecule has 0 spiro atoms. The molecule has 6 nitrogen and oxygen atoms in total. The predicted octanol–water partition coefficient (Wildman–Crippen LogP) is 3.85. The third-order valence-corrected chi connectivity index (χ3v) is 4.44. The standard InChI is InChI=1S/C17H14ClFN4O2S/c1-3-23(10(2)24)17-22-13(9-26-17)6-11(8-20)16(25)21-12-4-5-15(19)14(18)7-12/h4-7,9H,3H2,1-2H3,(H,21,25)/b11-6-. The molecule has 0 atom stereocenters. The van der Waals surface area contributed by atoms with Crippen LogP contribution < -0.4 is 10.2 Å². The molecule has 9 heteroatoms. The van der Waals surface area contributed by atoms with Crippen LogP contribution in [0, 0.1) is 17.1 Å². The zero-order valence-corrected chi connectivity index (χ0v) is 15.5. The third-order valence-electron chi connectivity index (χ3n) is 3.27. The number of amides is 2. The first-order chi connectivity index (χ1) is 12.3. The summed E-state index contributed by atoms with van der Waals surface area (Å²) in [6, 6.07) is 5.49. The van der Waals surface area contributed by atoms with Crippen molar-refractivity contribution in [1.82, 2.24) is 4.98 Å². The molecule has 1 aromatic carbocycles. The number of thiazole rings is 1. The van der Waals surface area contributed by atoms with Gasteiger partial charge in [-0.3, -0.25) is 14.5 Å². The van der Waals surface area contributed by atoms with Crippen LogP contribution in [-0.4, -0.2) is 23.3 Å². The second-order valence-electron chi connectivity index (χ2n) is 5.07. The van der Waals surface area contributed by atoms with Crippen LogP contribution in [0.15, 0.2) is 29.2 Å². The highest BCUT2D eigenvalue weighted by molar-refractivity contribution is 7.14. The van der Waals surface area contributed by atoms with Gasteiger partial charge >= 0.3 is 0 Å². The van der Waals surface area contributed by atoms with Gasteiger partial charge in [0.05, 0.1) is 10.7 Å². The molecule has 0 radical (unpaired) electrons. The van der Waals surface area contributed by atoms with Gasteiger partial charge in [-0.05, 0) is 31.2 Å². The van der Waals surface area contributed by atoms with Crippen LogP contribution in [0.2, 0.25) is 5.02 Å². The number of hydrogen-bond donors (Lipinski definition) is 1. The van der Waals surface area contributed by atoms with E-state index in [1.807, 2.05) is 6.92 Å². The number of nitrogens with one attached hydrogen (secondary N) is 1. The number of carbonyl (C=O) groups excluding carboxylic acids is 2. The van der Waals surface area contributed by atoms with Crippen molar-refractivity contribution >= 4 is 51.6 Å². The van der Waals surface area contributed by atoms with Crippen molar-refractivity contribution in [1.29, 1.82) is 5.26 Å². The number of carbonyl (C=O) groups is 2. The summed E-state index contributed by atoms with van der Waals surface area (Å²) >= 11 is 6.90. The van der Waals surface area contributed by atoms with Gasteiger partial charge in [0.1, 0.15) is 17.5 Å². The van der Waals surface area contributed by atoms with Gasteiger partial charge in [0, 0.05) is 24.5 Å². The van der Waals surface area contributed by atoms with Crippen molar-refractivity contribution in [3.8, 4) is 6.07 Å². The van der Waals surface area contributed by atoms with E-state index < -0.39 is 11.7 Å². The van der Waals surface area contributed by atoms with E-state index in [4.69, 9.17) is 11.6 Å². The summed E-state index contributed by atoms with van der Waals surface area (Å²) in [7, 11) is 0. The van der Waals surface area contributed by atoms with Crippen molar-refractivity contribution < 1.29 is 14.0 Å². The van der Waals surface area contributed by atoms with Gasteiger partial charge in [0.15, 0.2) is 5.13 Å². The zero-order valence-electron chi connectivity index (χ0n) is 13.9. The van der Waals surface area contributed by atoms with Gasteiger partial charge in [-0.2, -0.15) is 5.26 Å². The molecule has 2 aromatic rings. The summed E-state index contributed by atoms with van der Waals surface area (Å²) in [5, 5.41) is 13.7. The Kier molecular flexibility index (Phi) is 6.44. The fraction of sp³-hybridized carbons (Fsp3) is 0.176. The lowest BCUT2D eigenvalue weighted by Crippen LogP contribution is -2.27. The van der Waals surface area contributed by atoms with Crippen molar-refractivity contribution in [3.63, 3.8) is 0 Å². The molecule has 0 bridgehead atoms. The van der Waals surface area contributed by atoms with Gasteiger partial charge in [0.2, 0.25) is 5.91 Å². The van der Waals surface area contributed by atoms with Gasteiger partial charge < -0.3 is 5.32 Å². The minimum atomic E-state index is -0.677. The van der Waals surface area contributed by atoms with Crippen molar-refractivity contribution in [2.45, 2.75) is 13.8 Å². The molecule has 1 aromatic heterocycles. The highest BCUT2D eigenvalue weighted by atomic mass is 35.5. The van der Waals surface area contributed by atoms with Crippen molar-refractivity contribution in [2.75, 3.05) is 16.8 Å². The van der Waals surface area contributed by atoms with Crippen LogP contribution in [-0.2, 0) is 9.59 Å². The van der Waals surface area contributed by atoms with E-state index in [2.05, 4.69) is 10.3 Å². The van der Waals surface area contributed by atoms with E-state index in [0.717, 1.165) is 6.07 Å². The summed E-state index contributed by atoms with van der Waals surface area (Å²) in [6.07, 6.45) is 1.31. The normalized spacial score (nSPS) is 11.0. The Morgan fingerprint density at radius 3 is 2.81 bits per heavy atom. The van der Waals surface area contributed by atoms with Crippen LogP contribution in [0.1, 0.15) is 19.5 Å². The number of rotatable bonds is 5. The first-order valence-electron chi connectivity index (χ1n) is 7.47. The maximum absolute atomic E-state index is 13.2. The van der Waals surface area contributed by atoms with Crippen LogP contribution in [0.5, 0.6) is 0 Å². The summed E-state index contributed by atoms with van der Waals surface area (Å²) in [5.41, 5.74) is 0.456. The van der Waals surface area contributed by atoms with E-state index in [9.17, 15) is 19.2 Å². The number of anilines is 2. The molecule has 0 aliphatic heterocycles. The number of nitrogens with zero attached hydrogens (tertiary/aromatic N) is 3. The molecule has 134 valence electrons. The predicted molar refractivity (Wildman–Crippen MR) is 99.4 cm³/mol. The van der Waals surface area contributed by atoms with Gasteiger partial charge in [-0.15, -0.1) is 11.3 Å². The number of benzene rings is 1. The molecule has 0 unspecified atom stereocenters. The Labute approximate surface area is 158 Å². The molecule has 0 aliphatic rings. The molecule has 26 heavy (non-hydrogen) atoms. The Morgan fingerprint density at radius 1 is 1.50 bits per heavy atom. The van der Waals surface area contributed by atoms with Gasteiger partial charge in [-0.25, -0.2) is 9.37 Å². The van der Waals surface area contributed by atoms with E-state index in [1.54, 1.807) is 11.4 Å². The smallest absolute Gasteiger partial charge is 0.266 e. The number of nitriles is 1. The van der Waals surface area contributed by atoms with Crippen molar-refractivity contribution in [3.05, 3.63) is 45.7 Å². The Morgan fingerprint density at radius 2 is 2.23 bits per heavy atom. The van der Waals surface area contributed by atoms with Gasteiger partial charge in [-0.1, -0.05) is 11.6 Å². The Hall–Kier alpha value is -2.76. The summed E-state index contributed by atoms with van der Waals surface area (Å²) in [6.45, 7) is 3.71. The molecule has 0 saturated heterocycles. The molecular weight excluding hydrogens is 379 g/mol. The molecule has 2 amide bonds. The molecule has 1 N–H and O–H groups in total. The third kappa shape index (κ3) is 4.65. The summed E-state index contributed by atoms with van der Waals surface area (Å²) < 4.78 is 13.2. The summed E-state index contributed by atoms with van der Waals surface area (Å²) in [5.74, 6) is -1.44. The fourth-order valence-corrected chi connectivity index (χ4v) is 3.10. The van der Waals surface area contributed by atoms with Crippen LogP contribution in [0.4, 0.5) is 15.2 Å². The monoisotopic (exact) mass is 392 g/mol. The van der Waals surface area contributed by atoms with E-state index in [0.29, 0.717) is 17.4 Å². The van der Waals surface area contributed by atoms with Gasteiger partial charge in [0.25, 0.3) is 5.91 Å². The van der Waals surface area contributed by atoms with Crippen LogP contribution in [0.3, 0.4) is 0 Å². The van der Waals surface area contributed by atoms with E-state index in [-0.39, 0.29) is 22.2 Å². The van der Waals surface area contributed by atoms with Crippen LogP contribution >= 0.6 is 22.9 Å². The highest BCUT2D eigenvalue weighted by Crippen LogP contribution is 2.23. The maximum atomic E-state index is 13.2. The number of aromatic nitrogens is 1. The summed E-state index contributed by atoms with van der Waals surface area (Å²) in [4.78, 5) is 29.5.